The molecule has 0 aromatic carbocycles. The van der Waals surface area contributed by atoms with E-state index in [9.17, 15) is 8.42 Å². The first-order valence-corrected chi connectivity index (χ1v) is 8.32. The number of imidazole rings is 1. The van der Waals surface area contributed by atoms with E-state index in [0.717, 1.165) is 25.1 Å². The number of nitrogens with one attached hydrogen (secondary N) is 1. The Kier molecular flexibility index (Phi) is 5.16. The number of sulfonamides is 1. The Morgan fingerprint density at radius 3 is 2.81 bits per heavy atom. The second-order valence-corrected chi connectivity index (χ2v) is 6.65. The van der Waals surface area contributed by atoms with Crippen LogP contribution in [0.25, 0.3) is 0 Å². The van der Waals surface area contributed by atoms with Gasteiger partial charge in [0.2, 0.25) is 10.0 Å². The fourth-order valence-corrected chi connectivity index (χ4v) is 3.22. The molecule has 2 rings (SSSR count). The Morgan fingerprint density at radius 1 is 1.38 bits per heavy atom. The van der Waals surface area contributed by atoms with Gasteiger partial charge in [-0.15, -0.1) is 0 Å². The lowest BCUT2D eigenvalue weighted by molar-refractivity contribution is 0.566. The van der Waals surface area contributed by atoms with Crippen molar-refractivity contribution in [3.63, 3.8) is 0 Å². The molecule has 0 unspecified atom stereocenters. The van der Waals surface area contributed by atoms with Crippen LogP contribution < -0.4 is 10.5 Å². The van der Waals surface area contributed by atoms with Gasteiger partial charge in [0.1, 0.15) is 0 Å². The summed E-state index contributed by atoms with van der Waals surface area (Å²) < 4.78 is 30.6. The van der Waals surface area contributed by atoms with Crippen LogP contribution in [0.2, 0.25) is 0 Å². The summed E-state index contributed by atoms with van der Waals surface area (Å²) >= 11 is 0. The van der Waals surface area contributed by atoms with Gasteiger partial charge in [0.05, 0.1) is 11.2 Å². The summed E-state index contributed by atoms with van der Waals surface area (Å²) in [6, 6.07) is 1.60. The predicted octanol–water partition coefficient (Wildman–Crippen LogP) is 0.439. The maximum Gasteiger partial charge on any atom is 0.242 e. The van der Waals surface area contributed by atoms with Crippen LogP contribution in [-0.4, -0.2) is 29.1 Å². The summed E-state index contributed by atoms with van der Waals surface area (Å²) in [6.07, 6.45) is 8.61. The molecule has 3 N–H and O–H groups in total. The van der Waals surface area contributed by atoms with Crippen molar-refractivity contribution in [1.29, 1.82) is 0 Å². The lowest BCUT2D eigenvalue weighted by Gasteiger charge is -2.05. The molecule has 0 amide bonds. The van der Waals surface area contributed by atoms with Crippen LogP contribution in [0, 0.1) is 0 Å². The minimum absolute atomic E-state index is 0.264. The zero-order valence-corrected chi connectivity index (χ0v) is 12.9. The maximum atomic E-state index is 12.1. The molecule has 0 aliphatic carbocycles. The van der Waals surface area contributed by atoms with Gasteiger partial charge in [-0.25, -0.2) is 18.1 Å². The Balaban J connectivity index is 1.80. The van der Waals surface area contributed by atoms with E-state index < -0.39 is 10.0 Å². The molecule has 2 heterocycles. The largest absolute Gasteiger partial charge is 0.352 e. The second kappa shape index (κ2) is 6.88. The van der Waals surface area contributed by atoms with E-state index in [1.807, 2.05) is 10.8 Å². The molecule has 0 saturated heterocycles. The molecule has 8 heteroatoms. The van der Waals surface area contributed by atoms with Gasteiger partial charge in [-0.1, -0.05) is 0 Å². The van der Waals surface area contributed by atoms with Crippen LogP contribution in [-0.2, 0) is 30.2 Å². The number of rotatable bonds is 8. The fourth-order valence-electron chi connectivity index (χ4n) is 2.06. The number of hydrogen-bond acceptors (Lipinski definition) is 4. The zero-order chi connectivity index (χ0) is 15.3. The van der Waals surface area contributed by atoms with Gasteiger partial charge in [0.25, 0.3) is 0 Å². The van der Waals surface area contributed by atoms with Gasteiger partial charge in [0.15, 0.2) is 0 Å². The van der Waals surface area contributed by atoms with Crippen molar-refractivity contribution in [1.82, 2.24) is 18.8 Å². The van der Waals surface area contributed by atoms with Crippen LogP contribution >= 0.6 is 0 Å². The van der Waals surface area contributed by atoms with E-state index in [0.29, 0.717) is 13.1 Å². The average molecular weight is 311 g/mol. The molecule has 0 bridgehead atoms. The van der Waals surface area contributed by atoms with E-state index in [-0.39, 0.29) is 4.90 Å². The molecule has 0 aliphatic rings. The smallest absolute Gasteiger partial charge is 0.242 e. The van der Waals surface area contributed by atoms with E-state index >= 15 is 0 Å². The third-order valence-corrected chi connectivity index (χ3v) is 4.72. The number of hydrogen-bond donors (Lipinski definition) is 2. The first kappa shape index (κ1) is 15.7. The summed E-state index contributed by atoms with van der Waals surface area (Å²) in [5.74, 6) is 0. The molecule has 0 saturated carbocycles. The fraction of sp³-hybridized carbons (Fsp3) is 0.462. The van der Waals surface area contributed by atoms with E-state index in [2.05, 4.69) is 9.71 Å². The van der Waals surface area contributed by atoms with Crippen LogP contribution in [0.4, 0.5) is 0 Å². The summed E-state index contributed by atoms with van der Waals surface area (Å²) in [6.45, 7) is 1.57. The van der Waals surface area contributed by atoms with Gasteiger partial charge in [-0.3, -0.25) is 0 Å². The molecule has 2 aromatic rings. The Morgan fingerprint density at radius 2 is 2.19 bits per heavy atom. The predicted molar refractivity (Wildman–Crippen MR) is 80.0 cm³/mol. The number of unbranched alkanes of at least 4 members (excludes halogenated alkanes) is 1. The highest BCUT2D eigenvalue weighted by molar-refractivity contribution is 7.89. The maximum absolute atomic E-state index is 12.1. The monoisotopic (exact) mass is 311 g/mol. The van der Waals surface area contributed by atoms with E-state index in [1.54, 1.807) is 36.4 Å². The summed E-state index contributed by atoms with van der Waals surface area (Å²) in [5, 5.41) is 0. The molecule has 0 radical (unpaired) electrons. The third kappa shape index (κ3) is 4.16. The van der Waals surface area contributed by atoms with Gasteiger partial charge < -0.3 is 14.9 Å². The molecule has 0 aliphatic heterocycles. The quantitative estimate of drug-likeness (QED) is 0.692. The van der Waals surface area contributed by atoms with Crippen LogP contribution in [0.3, 0.4) is 0 Å². The Bertz CT molecular complexity index is 661. The van der Waals surface area contributed by atoms with Crippen molar-refractivity contribution in [2.24, 2.45) is 12.8 Å². The summed E-state index contributed by atoms with van der Waals surface area (Å²) in [5.41, 5.74) is 6.34. The van der Waals surface area contributed by atoms with Gasteiger partial charge in [-0.2, -0.15) is 0 Å². The number of aromatic nitrogens is 3. The third-order valence-electron chi connectivity index (χ3n) is 3.30. The van der Waals surface area contributed by atoms with E-state index in [1.165, 1.54) is 0 Å². The van der Waals surface area contributed by atoms with Gasteiger partial charge >= 0.3 is 0 Å². The Hall–Kier alpha value is -1.64. The topological polar surface area (TPSA) is 94.9 Å². The average Bonchev–Trinajstić information content (AvgIpc) is 3.07. The van der Waals surface area contributed by atoms with Crippen LogP contribution in [0.15, 0.2) is 35.9 Å². The molecular formula is C13H21N5O2S. The van der Waals surface area contributed by atoms with Crippen molar-refractivity contribution in [2.75, 3.05) is 6.54 Å². The minimum Gasteiger partial charge on any atom is -0.352 e. The normalized spacial score (nSPS) is 11.9. The van der Waals surface area contributed by atoms with Crippen LogP contribution in [0.1, 0.15) is 18.5 Å². The molecule has 21 heavy (non-hydrogen) atoms. The van der Waals surface area contributed by atoms with Crippen molar-refractivity contribution in [2.45, 2.75) is 30.8 Å². The lowest BCUT2D eigenvalue weighted by Crippen LogP contribution is -2.24. The molecule has 7 nitrogen and oxygen atoms in total. The second-order valence-electron chi connectivity index (χ2n) is 4.89. The summed E-state index contributed by atoms with van der Waals surface area (Å²) in [7, 11) is -1.67. The molecule has 0 spiro atoms. The van der Waals surface area contributed by atoms with Gasteiger partial charge in [-0.05, 0) is 18.9 Å². The Labute approximate surface area is 124 Å². The first-order chi connectivity index (χ1) is 10.0. The first-order valence-electron chi connectivity index (χ1n) is 6.83. The zero-order valence-electron chi connectivity index (χ0n) is 12.1. The highest BCUT2D eigenvalue weighted by atomic mass is 32.2. The van der Waals surface area contributed by atoms with Gasteiger partial charge in [0, 0.05) is 51.0 Å². The van der Waals surface area contributed by atoms with Crippen LogP contribution in [0.5, 0.6) is 0 Å². The minimum atomic E-state index is -3.45. The lowest BCUT2D eigenvalue weighted by atomic mass is 10.3. The molecule has 116 valence electrons. The van der Waals surface area contributed by atoms with Crippen molar-refractivity contribution >= 4 is 10.0 Å². The SMILES string of the molecule is Cn1cc(S(=O)(=O)NCCCCn2ccnc2)cc1CN. The highest BCUT2D eigenvalue weighted by Crippen LogP contribution is 2.12. The summed E-state index contributed by atoms with van der Waals surface area (Å²) in [4.78, 5) is 4.22. The number of nitrogens with zero attached hydrogens (tertiary/aromatic N) is 3. The number of nitrogens with two attached hydrogens (primary N) is 1. The van der Waals surface area contributed by atoms with Crippen molar-refractivity contribution < 1.29 is 8.42 Å². The molecular weight excluding hydrogens is 290 g/mol. The highest BCUT2D eigenvalue weighted by Gasteiger charge is 2.16. The van der Waals surface area contributed by atoms with E-state index in [4.69, 9.17) is 5.73 Å². The molecule has 0 fully saturated rings. The standard InChI is InChI=1S/C13H21N5O2S/c1-17-10-13(8-12(17)9-14)21(19,20)16-4-2-3-6-18-7-5-15-11-18/h5,7-8,10-11,16H,2-4,6,9,14H2,1H3. The molecule has 0 atom stereocenters. The molecule has 2 aromatic heterocycles. The van der Waals surface area contributed by atoms with Crippen molar-refractivity contribution in [3.05, 3.63) is 36.7 Å². The number of aryl methyl sites for hydroxylation is 2. The van der Waals surface area contributed by atoms with Crippen molar-refractivity contribution in [3.8, 4) is 0 Å².